The molecule has 2 aliphatic heterocycles. The molecule has 6 nitrogen and oxygen atoms in total. The van der Waals surface area contributed by atoms with Crippen molar-refractivity contribution >= 4 is 28.8 Å². The van der Waals surface area contributed by atoms with Gasteiger partial charge in [-0.2, -0.15) is 0 Å². The van der Waals surface area contributed by atoms with Crippen molar-refractivity contribution in [3.05, 3.63) is 65.2 Å². The highest BCUT2D eigenvalue weighted by atomic mass is 16.5. The Balaban J connectivity index is 1.55. The van der Waals surface area contributed by atoms with Gasteiger partial charge in [0, 0.05) is 42.9 Å². The van der Waals surface area contributed by atoms with Gasteiger partial charge in [0.15, 0.2) is 0 Å². The van der Waals surface area contributed by atoms with Crippen molar-refractivity contribution in [1.29, 1.82) is 0 Å². The van der Waals surface area contributed by atoms with Gasteiger partial charge in [0.25, 0.3) is 5.91 Å². The Morgan fingerprint density at radius 1 is 1.09 bits per heavy atom. The predicted octanol–water partition coefficient (Wildman–Crippen LogP) is 4.78. The maximum Gasteiger partial charge on any atom is 0.251 e. The average Bonchev–Trinajstić information content (AvgIpc) is 3.70. The Bertz CT molecular complexity index is 1120. The standard InChI is InChI=1S/C28H33N3O3/c1-17-26(30-23-9-6-21(7-10-23)28(33)29-3)24-16-22(19-12-14-34-15-13-19)8-11-25(24)31(18(2)32)27(17)20-4-5-20/h6-12,16-17,20,26-27,30H,4-5,13-15H2,1-3H3,(H,29,33)/t17?,26?,27-/m1/s1. The summed E-state index contributed by atoms with van der Waals surface area (Å²) in [5, 5.41) is 6.43. The minimum absolute atomic E-state index is 0.0578. The second-order valence-electron chi connectivity index (χ2n) is 9.68. The molecule has 3 atom stereocenters. The quantitative estimate of drug-likeness (QED) is 0.675. The van der Waals surface area contributed by atoms with Gasteiger partial charge >= 0.3 is 0 Å². The molecule has 1 saturated carbocycles. The first-order chi connectivity index (χ1) is 16.5. The molecule has 34 heavy (non-hydrogen) atoms. The first kappa shape index (κ1) is 22.7. The fourth-order valence-corrected chi connectivity index (χ4v) is 5.60. The molecular formula is C28H33N3O3. The van der Waals surface area contributed by atoms with Crippen LogP contribution in [-0.2, 0) is 9.53 Å². The van der Waals surface area contributed by atoms with E-state index in [4.69, 9.17) is 4.74 Å². The highest BCUT2D eigenvalue weighted by Crippen LogP contribution is 2.50. The smallest absolute Gasteiger partial charge is 0.251 e. The van der Waals surface area contributed by atoms with Crippen molar-refractivity contribution in [2.45, 2.75) is 45.2 Å². The molecule has 2 unspecified atom stereocenters. The van der Waals surface area contributed by atoms with Crippen LogP contribution in [0.25, 0.3) is 5.57 Å². The number of carbonyl (C=O) groups excluding carboxylic acids is 2. The van der Waals surface area contributed by atoms with E-state index < -0.39 is 0 Å². The summed E-state index contributed by atoms with van der Waals surface area (Å²) in [4.78, 5) is 26.9. The van der Waals surface area contributed by atoms with Gasteiger partial charge in [-0.1, -0.05) is 19.1 Å². The number of amides is 2. The summed E-state index contributed by atoms with van der Waals surface area (Å²) in [7, 11) is 1.64. The van der Waals surface area contributed by atoms with Gasteiger partial charge in [0.05, 0.1) is 19.3 Å². The van der Waals surface area contributed by atoms with Crippen LogP contribution in [0.5, 0.6) is 0 Å². The molecule has 0 aromatic heterocycles. The number of rotatable bonds is 5. The lowest BCUT2D eigenvalue weighted by Crippen LogP contribution is -2.51. The minimum Gasteiger partial charge on any atom is -0.378 e. The molecule has 2 aromatic carbocycles. The van der Waals surface area contributed by atoms with E-state index in [1.165, 1.54) is 24.0 Å². The molecular weight excluding hydrogens is 426 g/mol. The molecule has 178 valence electrons. The third kappa shape index (κ3) is 4.23. The van der Waals surface area contributed by atoms with E-state index in [9.17, 15) is 9.59 Å². The average molecular weight is 460 g/mol. The molecule has 2 heterocycles. The Morgan fingerprint density at radius 3 is 2.47 bits per heavy atom. The minimum atomic E-state index is -0.0943. The number of benzene rings is 2. The van der Waals surface area contributed by atoms with Crippen LogP contribution in [0, 0.1) is 11.8 Å². The molecule has 1 aliphatic carbocycles. The van der Waals surface area contributed by atoms with E-state index in [-0.39, 0.29) is 29.8 Å². The molecule has 0 spiro atoms. The third-order valence-electron chi connectivity index (χ3n) is 7.46. The zero-order valence-electron chi connectivity index (χ0n) is 20.1. The van der Waals surface area contributed by atoms with Crippen molar-refractivity contribution in [3.8, 4) is 0 Å². The van der Waals surface area contributed by atoms with Crippen molar-refractivity contribution in [2.24, 2.45) is 11.8 Å². The van der Waals surface area contributed by atoms with E-state index in [1.54, 1.807) is 14.0 Å². The molecule has 6 heteroatoms. The number of hydrogen-bond acceptors (Lipinski definition) is 4. The molecule has 3 aliphatic rings. The molecule has 0 bridgehead atoms. The number of anilines is 2. The monoisotopic (exact) mass is 459 g/mol. The lowest BCUT2D eigenvalue weighted by atomic mass is 9.79. The van der Waals surface area contributed by atoms with Crippen LogP contribution in [0.2, 0.25) is 0 Å². The topological polar surface area (TPSA) is 70.7 Å². The second kappa shape index (κ2) is 9.26. The SMILES string of the molecule is CNC(=O)c1ccc(NC2c3cc(C4=CCOCC4)ccc3N(C(C)=O)[C@@H](C3CC3)C2C)cc1. The summed E-state index contributed by atoms with van der Waals surface area (Å²) in [6, 6.07) is 14.4. The van der Waals surface area contributed by atoms with E-state index >= 15 is 0 Å². The second-order valence-corrected chi connectivity index (χ2v) is 9.68. The molecule has 5 rings (SSSR count). The largest absolute Gasteiger partial charge is 0.378 e. The molecule has 0 saturated heterocycles. The van der Waals surface area contributed by atoms with Gasteiger partial charge in [-0.3, -0.25) is 9.59 Å². The normalized spacial score (nSPS) is 24.1. The van der Waals surface area contributed by atoms with Crippen molar-refractivity contribution < 1.29 is 14.3 Å². The van der Waals surface area contributed by atoms with Crippen LogP contribution in [0.15, 0.2) is 48.5 Å². The highest BCUT2D eigenvalue weighted by molar-refractivity contribution is 5.95. The van der Waals surface area contributed by atoms with Crippen LogP contribution < -0.4 is 15.5 Å². The Hall–Kier alpha value is -3.12. The van der Waals surface area contributed by atoms with Gasteiger partial charge < -0.3 is 20.3 Å². The Labute approximate surface area is 201 Å². The van der Waals surface area contributed by atoms with Crippen LogP contribution >= 0.6 is 0 Å². The molecule has 0 radical (unpaired) electrons. The Kier molecular flexibility index (Phi) is 6.17. The van der Waals surface area contributed by atoms with Crippen LogP contribution in [0.3, 0.4) is 0 Å². The van der Waals surface area contributed by atoms with Crippen LogP contribution in [0.1, 0.15) is 60.6 Å². The fourth-order valence-electron chi connectivity index (χ4n) is 5.60. The Morgan fingerprint density at radius 2 is 1.85 bits per heavy atom. The van der Waals surface area contributed by atoms with Gasteiger partial charge in [0.2, 0.25) is 5.91 Å². The van der Waals surface area contributed by atoms with E-state index in [1.807, 2.05) is 29.2 Å². The number of nitrogens with zero attached hydrogens (tertiary/aromatic N) is 1. The van der Waals surface area contributed by atoms with Crippen molar-refractivity contribution in [1.82, 2.24) is 5.32 Å². The van der Waals surface area contributed by atoms with Gasteiger partial charge in [-0.05, 0) is 78.3 Å². The van der Waals surface area contributed by atoms with E-state index in [2.05, 4.69) is 41.8 Å². The number of ether oxygens (including phenoxy) is 1. The van der Waals surface area contributed by atoms with Crippen LogP contribution in [0.4, 0.5) is 11.4 Å². The third-order valence-corrected chi connectivity index (χ3v) is 7.46. The van der Waals surface area contributed by atoms with Gasteiger partial charge in [-0.15, -0.1) is 0 Å². The number of nitrogens with one attached hydrogen (secondary N) is 2. The number of carbonyl (C=O) groups is 2. The molecule has 2 aromatic rings. The first-order valence-corrected chi connectivity index (χ1v) is 12.3. The zero-order chi connectivity index (χ0) is 23.8. The summed E-state index contributed by atoms with van der Waals surface area (Å²) >= 11 is 0. The van der Waals surface area contributed by atoms with Crippen LogP contribution in [-0.4, -0.2) is 38.1 Å². The number of hydrogen-bond donors (Lipinski definition) is 2. The summed E-state index contributed by atoms with van der Waals surface area (Å²) in [6.45, 7) is 5.33. The number of fused-ring (bicyclic) bond motifs is 1. The summed E-state index contributed by atoms with van der Waals surface area (Å²) < 4.78 is 5.51. The molecule has 1 fully saturated rings. The zero-order valence-corrected chi connectivity index (χ0v) is 20.1. The fraction of sp³-hybridized carbons (Fsp3) is 0.429. The lowest BCUT2D eigenvalue weighted by molar-refractivity contribution is -0.117. The first-order valence-electron chi connectivity index (χ1n) is 12.3. The van der Waals surface area contributed by atoms with E-state index in [0.29, 0.717) is 18.1 Å². The summed E-state index contributed by atoms with van der Waals surface area (Å²) in [5.74, 6) is 0.797. The molecule has 2 amide bonds. The van der Waals surface area contributed by atoms with Crippen molar-refractivity contribution in [2.75, 3.05) is 30.5 Å². The lowest BCUT2D eigenvalue weighted by Gasteiger charge is -2.46. The highest BCUT2D eigenvalue weighted by Gasteiger charge is 2.47. The predicted molar refractivity (Wildman–Crippen MR) is 135 cm³/mol. The van der Waals surface area contributed by atoms with Crippen molar-refractivity contribution in [3.63, 3.8) is 0 Å². The summed E-state index contributed by atoms with van der Waals surface area (Å²) in [5.41, 5.74) is 6.27. The maximum atomic E-state index is 12.9. The summed E-state index contributed by atoms with van der Waals surface area (Å²) in [6.07, 6.45) is 5.40. The molecule has 2 N–H and O–H groups in total. The van der Waals surface area contributed by atoms with Gasteiger partial charge in [0.1, 0.15) is 0 Å². The maximum absolute atomic E-state index is 12.9. The van der Waals surface area contributed by atoms with Gasteiger partial charge in [-0.25, -0.2) is 0 Å². The van der Waals surface area contributed by atoms with E-state index in [0.717, 1.165) is 30.0 Å².